The highest BCUT2D eigenvalue weighted by Gasteiger charge is 2.49. The number of amides is 1. The SMILES string of the molecule is CCOc1ccc(Cl)c(/C(O)=C2\C(=O)C(=O)N(C3CCCCC3)C2c2ccc(F)cc2)c1. The molecule has 2 fully saturated rings. The minimum Gasteiger partial charge on any atom is -0.507 e. The molecule has 168 valence electrons. The number of hydrogen-bond donors (Lipinski definition) is 1. The quantitative estimate of drug-likeness (QED) is 0.359. The van der Waals surface area contributed by atoms with Crippen molar-refractivity contribution in [3.8, 4) is 5.75 Å². The summed E-state index contributed by atoms with van der Waals surface area (Å²) in [4.78, 5) is 27.9. The number of nitrogens with zero attached hydrogens (tertiary/aromatic N) is 1. The minimum atomic E-state index is -0.814. The molecule has 32 heavy (non-hydrogen) atoms. The lowest BCUT2D eigenvalue weighted by Gasteiger charge is -2.35. The molecule has 0 spiro atoms. The first-order chi connectivity index (χ1) is 15.4. The maximum Gasteiger partial charge on any atom is 0.295 e. The third-order valence-corrected chi connectivity index (χ3v) is 6.47. The smallest absolute Gasteiger partial charge is 0.295 e. The lowest BCUT2D eigenvalue weighted by Crippen LogP contribution is -2.40. The molecule has 1 atom stereocenters. The van der Waals surface area contributed by atoms with Gasteiger partial charge in [-0.25, -0.2) is 4.39 Å². The summed E-state index contributed by atoms with van der Waals surface area (Å²) < 4.78 is 19.1. The van der Waals surface area contributed by atoms with Crippen LogP contribution in [0.4, 0.5) is 4.39 Å². The van der Waals surface area contributed by atoms with E-state index in [4.69, 9.17) is 16.3 Å². The van der Waals surface area contributed by atoms with Crippen molar-refractivity contribution in [2.45, 2.75) is 51.1 Å². The highest BCUT2D eigenvalue weighted by molar-refractivity contribution is 6.47. The Morgan fingerprint density at radius 1 is 1.12 bits per heavy atom. The number of rotatable bonds is 5. The van der Waals surface area contributed by atoms with E-state index in [1.165, 1.54) is 12.1 Å². The van der Waals surface area contributed by atoms with Gasteiger partial charge < -0.3 is 14.7 Å². The van der Waals surface area contributed by atoms with Crippen LogP contribution in [0.15, 0.2) is 48.0 Å². The van der Waals surface area contributed by atoms with E-state index in [9.17, 15) is 19.1 Å². The molecule has 2 aromatic rings. The van der Waals surface area contributed by atoms with Gasteiger partial charge in [0.05, 0.1) is 23.2 Å². The molecule has 0 bridgehead atoms. The third kappa shape index (κ3) is 4.11. The number of benzene rings is 2. The fourth-order valence-corrected chi connectivity index (χ4v) is 4.85. The van der Waals surface area contributed by atoms with Crippen molar-refractivity contribution in [2.75, 3.05) is 6.61 Å². The van der Waals surface area contributed by atoms with Crippen molar-refractivity contribution >= 4 is 29.1 Å². The second-order valence-electron chi connectivity index (χ2n) is 8.12. The van der Waals surface area contributed by atoms with Crippen LogP contribution in [0, 0.1) is 5.82 Å². The van der Waals surface area contributed by atoms with Crippen molar-refractivity contribution in [3.05, 3.63) is 70.0 Å². The largest absolute Gasteiger partial charge is 0.507 e. The van der Waals surface area contributed by atoms with Crippen LogP contribution in [0.25, 0.3) is 5.76 Å². The fourth-order valence-electron chi connectivity index (χ4n) is 4.65. The standard InChI is InChI=1S/C25H25ClFNO4/c1-2-32-18-12-13-20(26)19(14-18)23(29)21-22(15-8-10-16(27)11-9-15)28(25(31)24(21)30)17-6-4-3-5-7-17/h8-14,17,22,29H,2-7H2,1H3/b23-21+. The van der Waals surface area contributed by atoms with Gasteiger partial charge >= 0.3 is 0 Å². The van der Waals surface area contributed by atoms with E-state index in [0.29, 0.717) is 17.9 Å². The lowest BCUT2D eigenvalue weighted by atomic mass is 9.91. The van der Waals surface area contributed by atoms with Crippen molar-refractivity contribution < 1.29 is 23.8 Å². The molecule has 1 aliphatic heterocycles. The highest BCUT2D eigenvalue weighted by Crippen LogP contribution is 2.44. The van der Waals surface area contributed by atoms with Gasteiger partial charge in [-0.1, -0.05) is 43.0 Å². The Balaban J connectivity index is 1.88. The number of Topliss-reactive ketones (excluding diaryl/α,β-unsaturated/α-hetero) is 1. The van der Waals surface area contributed by atoms with Crippen molar-refractivity contribution in [1.29, 1.82) is 0 Å². The van der Waals surface area contributed by atoms with Crippen LogP contribution in [0.2, 0.25) is 5.02 Å². The summed E-state index contributed by atoms with van der Waals surface area (Å²) in [5.74, 6) is -1.71. The van der Waals surface area contributed by atoms with Crippen LogP contribution in [-0.4, -0.2) is 34.3 Å². The molecule has 2 aromatic carbocycles. The Morgan fingerprint density at radius 3 is 2.47 bits per heavy atom. The number of hydrogen-bond acceptors (Lipinski definition) is 4. The summed E-state index contributed by atoms with van der Waals surface area (Å²) in [6.45, 7) is 2.25. The highest BCUT2D eigenvalue weighted by atomic mass is 35.5. The van der Waals surface area contributed by atoms with E-state index in [1.54, 1.807) is 35.2 Å². The molecule has 1 saturated carbocycles. The molecule has 0 radical (unpaired) electrons. The maximum absolute atomic E-state index is 13.6. The first-order valence-corrected chi connectivity index (χ1v) is 11.3. The van der Waals surface area contributed by atoms with Gasteiger partial charge in [0.1, 0.15) is 17.3 Å². The topological polar surface area (TPSA) is 66.8 Å². The molecular weight excluding hydrogens is 433 g/mol. The Hall–Kier alpha value is -2.86. The maximum atomic E-state index is 13.6. The lowest BCUT2D eigenvalue weighted by molar-refractivity contribution is -0.141. The van der Waals surface area contributed by atoms with E-state index in [0.717, 1.165) is 32.1 Å². The normalized spacial score (nSPS) is 21.2. The van der Waals surface area contributed by atoms with E-state index in [2.05, 4.69) is 0 Å². The molecule has 1 aliphatic carbocycles. The number of carbonyl (C=O) groups is 2. The van der Waals surface area contributed by atoms with Crippen LogP contribution >= 0.6 is 11.6 Å². The average molecular weight is 458 g/mol. The zero-order valence-electron chi connectivity index (χ0n) is 17.8. The Kier molecular flexibility index (Phi) is 6.51. The molecule has 1 saturated heterocycles. The predicted molar refractivity (Wildman–Crippen MR) is 120 cm³/mol. The summed E-state index contributed by atoms with van der Waals surface area (Å²) in [6, 6.07) is 9.54. The van der Waals surface area contributed by atoms with Crippen molar-refractivity contribution in [3.63, 3.8) is 0 Å². The second kappa shape index (κ2) is 9.33. The molecule has 2 aliphatic rings. The molecule has 1 unspecified atom stereocenters. The molecule has 1 heterocycles. The number of likely N-dealkylation sites (tertiary alicyclic amines) is 1. The Labute approximate surface area is 191 Å². The summed E-state index contributed by atoms with van der Waals surface area (Å²) in [5.41, 5.74) is 0.740. The Morgan fingerprint density at radius 2 is 1.81 bits per heavy atom. The van der Waals surface area contributed by atoms with Gasteiger partial charge in [0.25, 0.3) is 11.7 Å². The summed E-state index contributed by atoms with van der Waals surface area (Å²) in [6.07, 6.45) is 4.58. The average Bonchev–Trinajstić information content (AvgIpc) is 3.06. The van der Waals surface area contributed by atoms with Gasteiger partial charge in [-0.2, -0.15) is 0 Å². The monoisotopic (exact) mass is 457 g/mol. The fraction of sp³-hybridized carbons (Fsp3) is 0.360. The van der Waals surface area contributed by atoms with Crippen LogP contribution in [-0.2, 0) is 9.59 Å². The van der Waals surface area contributed by atoms with Gasteiger partial charge in [-0.15, -0.1) is 0 Å². The summed E-state index contributed by atoms with van der Waals surface area (Å²) in [7, 11) is 0. The number of ketones is 1. The van der Waals surface area contributed by atoms with Crippen LogP contribution in [0.1, 0.15) is 56.2 Å². The zero-order valence-corrected chi connectivity index (χ0v) is 18.6. The minimum absolute atomic E-state index is 0.0391. The zero-order chi connectivity index (χ0) is 22.8. The van der Waals surface area contributed by atoms with Gasteiger partial charge in [0.15, 0.2) is 0 Å². The molecular formula is C25H25ClFNO4. The first-order valence-electron chi connectivity index (χ1n) is 10.9. The molecule has 1 amide bonds. The van der Waals surface area contributed by atoms with Crippen molar-refractivity contribution in [2.24, 2.45) is 0 Å². The third-order valence-electron chi connectivity index (χ3n) is 6.14. The molecule has 0 aromatic heterocycles. The number of carbonyl (C=O) groups excluding carboxylic acids is 2. The first kappa shape index (κ1) is 22.3. The summed E-state index contributed by atoms with van der Waals surface area (Å²) >= 11 is 6.34. The number of aliphatic hydroxyl groups excluding tert-OH is 1. The van der Waals surface area contributed by atoms with Gasteiger partial charge in [0.2, 0.25) is 0 Å². The van der Waals surface area contributed by atoms with Crippen LogP contribution in [0.5, 0.6) is 5.75 Å². The van der Waals surface area contributed by atoms with Crippen LogP contribution in [0.3, 0.4) is 0 Å². The second-order valence-corrected chi connectivity index (χ2v) is 8.53. The molecule has 5 nitrogen and oxygen atoms in total. The molecule has 4 rings (SSSR count). The van der Waals surface area contributed by atoms with Crippen molar-refractivity contribution in [1.82, 2.24) is 4.90 Å². The number of aliphatic hydroxyl groups is 1. The van der Waals surface area contributed by atoms with Gasteiger partial charge in [0, 0.05) is 11.6 Å². The number of halogens is 2. The van der Waals surface area contributed by atoms with Crippen LogP contribution < -0.4 is 4.74 Å². The molecule has 7 heteroatoms. The summed E-state index contributed by atoms with van der Waals surface area (Å²) in [5, 5.41) is 11.5. The van der Waals surface area contributed by atoms with Gasteiger partial charge in [-0.3, -0.25) is 9.59 Å². The van der Waals surface area contributed by atoms with E-state index in [-0.39, 0.29) is 28.0 Å². The van der Waals surface area contributed by atoms with Gasteiger partial charge in [-0.05, 0) is 55.7 Å². The van der Waals surface area contributed by atoms with E-state index >= 15 is 0 Å². The van der Waals surface area contributed by atoms with E-state index in [1.807, 2.05) is 6.92 Å². The molecule has 1 N–H and O–H groups in total. The van der Waals surface area contributed by atoms with E-state index < -0.39 is 23.5 Å². The number of ether oxygens (including phenoxy) is 1. The predicted octanol–water partition coefficient (Wildman–Crippen LogP) is 5.63. The Bertz CT molecular complexity index is 1060.